The Bertz CT molecular complexity index is 479. The van der Waals surface area contributed by atoms with Crippen molar-refractivity contribution in [2.24, 2.45) is 16.8 Å². The Balaban J connectivity index is 1.82. The quantitative estimate of drug-likeness (QED) is 0.323. The fourth-order valence-electron chi connectivity index (χ4n) is 2.15. The molecular weight excluding hydrogens is 258 g/mol. The van der Waals surface area contributed by atoms with E-state index in [1.165, 1.54) is 0 Å². The second kappa shape index (κ2) is 6.91. The number of amides is 1. The maximum absolute atomic E-state index is 11.9. The molecule has 0 bridgehead atoms. The minimum Gasteiger partial charge on any atom is -0.409 e. The molecule has 1 aliphatic heterocycles. The molecule has 1 fully saturated rings. The molecule has 0 saturated carbocycles. The number of rotatable bonds is 5. The van der Waals surface area contributed by atoms with Crippen LogP contribution in [0.4, 0.5) is 0 Å². The van der Waals surface area contributed by atoms with Crippen molar-refractivity contribution in [2.75, 3.05) is 19.8 Å². The number of nitrogens with zero attached hydrogens (tertiary/aromatic N) is 1. The molecule has 1 aromatic carbocycles. The van der Waals surface area contributed by atoms with Gasteiger partial charge in [-0.1, -0.05) is 17.3 Å². The number of carbonyl (C=O) groups excluding carboxylic acids is 1. The first-order valence-corrected chi connectivity index (χ1v) is 6.64. The van der Waals surface area contributed by atoms with Crippen molar-refractivity contribution in [1.82, 2.24) is 5.32 Å². The first-order valence-electron chi connectivity index (χ1n) is 6.64. The third-order valence-electron chi connectivity index (χ3n) is 3.41. The molecule has 108 valence electrons. The SMILES string of the molecule is N/C(=N/O)c1ccc(C(=O)NCCC2CCOC2)cc1. The summed E-state index contributed by atoms with van der Waals surface area (Å²) in [6.45, 7) is 2.27. The average molecular weight is 277 g/mol. The molecule has 1 heterocycles. The van der Waals surface area contributed by atoms with Crippen LogP contribution in [-0.4, -0.2) is 36.7 Å². The van der Waals surface area contributed by atoms with E-state index in [0.29, 0.717) is 23.6 Å². The van der Waals surface area contributed by atoms with Gasteiger partial charge in [0.25, 0.3) is 5.91 Å². The Kier molecular flexibility index (Phi) is 4.95. The minimum absolute atomic E-state index is 0.0261. The average Bonchev–Trinajstić information content (AvgIpc) is 2.99. The first-order chi connectivity index (χ1) is 9.70. The molecule has 0 radical (unpaired) electrons. The van der Waals surface area contributed by atoms with Crippen molar-refractivity contribution in [3.63, 3.8) is 0 Å². The summed E-state index contributed by atoms with van der Waals surface area (Å²) in [6.07, 6.45) is 2.01. The summed E-state index contributed by atoms with van der Waals surface area (Å²) in [7, 11) is 0. The molecule has 0 aliphatic carbocycles. The molecule has 2 rings (SSSR count). The lowest BCUT2D eigenvalue weighted by Gasteiger charge is -2.09. The van der Waals surface area contributed by atoms with E-state index >= 15 is 0 Å². The van der Waals surface area contributed by atoms with Crippen molar-refractivity contribution >= 4 is 11.7 Å². The van der Waals surface area contributed by atoms with Gasteiger partial charge in [-0.15, -0.1) is 0 Å². The molecule has 1 atom stereocenters. The molecule has 1 unspecified atom stereocenters. The van der Waals surface area contributed by atoms with E-state index < -0.39 is 0 Å². The highest BCUT2D eigenvalue weighted by Crippen LogP contribution is 2.15. The van der Waals surface area contributed by atoms with Crippen LogP contribution < -0.4 is 11.1 Å². The van der Waals surface area contributed by atoms with Crippen LogP contribution in [0.5, 0.6) is 0 Å². The molecule has 0 spiro atoms. The zero-order valence-corrected chi connectivity index (χ0v) is 11.2. The van der Waals surface area contributed by atoms with E-state index in [0.717, 1.165) is 26.1 Å². The highest BCUT2D eigenvalue weighted by atomic mass is 16.5. The number of nitrogens with two attached hydrogens (primary N) is 1. The lowest BCUT2D eigenvalue weighted by atomic mass is 10.1. The third kappa shape index (κ3) is 3.71. The van der Waals surface area contributed by atoms with Crippen LogP contribution in [0.2, 0.25) is 0 Å². The van der Waals surface area contributed by atoms with Crippen LogP contribution in [0.1, 0.15) is 28.8 Å². The van der Waals surface area contributed by atoms with Crippen LogP contribution >= 0.6 is 0 Å². The van der Waals surface area contributed by atoms with Gasteiger partial charge in [-0.3, -0.25) is 4.79 Å². The van der Waals surface area contributed by atoms with Crippen molar-refractivity contribution in [2.45, 2.75) is 12.8 Å². The van der Waals surface area contributed by atoms with Gasteiger partial charge in [0.15, 0.2) is 5.84 Å². The second-order valence-corrected chi connectivity index (χ2v) is 4.84. The number of carbonyl (C=O) groups is 1. The first kappa shape index (κ1) is 14.3. The molecule has 1 aromatic rings. The minimum atomic E-state index is -0.116. The van der Waals surface area contributed by atoms with Gasteiger partial charge in [-0.2, -0.15) is 0 Å². The zero-order chi connectivity index (χ0) is 14.4. The Hall–Kier alpha value is -2.08. The summed E-state index contributed by atoms with van der Waals surface area (Å²) in [5.74, 6) is 0.464. The van der Waals surface area contributed by atoms with Crippen molar-refractivity contribution < 1.29 is 14.7 Å². The van der Waals surface area contributed by atoms with Gasteiger partial charge in [0.05, 0.1) is 0 Å². The van der Waals surface area contributed by atoms with Gasteiger partial charge in [0, 0.05) is 30.9 Å². The monoisotopic (exact) mass is 277 g/mol. The Labute approximate surface area is 117 Å². The summed E-state index contributed by atoms with van der Waals surface area (Å²) in [4.78, 5) is 11.9. The van der Waals surface area contributed by atoms with Crippen LogP contribution in [0.25, 0.3) is 0 Å². The lowest BCUT2D eigenvalue weighted by Crippen LogP contribution is -2.26. The molecule has 1 saturated heterocycles. The Morgan fingerprint density at radius 1 is 1.40 bits per heavy atom. The van der Waals surface area contributed by atoms with Gasteiger partial charge < -0.3 is 21.0 Å². The number of oxime groups is 1. The summed E-state index contributed by atoms with van der Waals surface area (Å²) >= 11 is 0. The largest absolute Gasteiger partial charge is 0.409 e. The Morgan fingerprint density at radius 3 is 2.70 bits per heavy atom. The fourth-order valence-corrected chi connectivity index (χ4v) is 2.15. The van der Waals surface area contributed by atoms with E-state index in [2.05, 4.69) is 10.5 Å². The maximum atomic E-state index is 11.9. The highest BCUT2D eigenvalue weighted by Gasteiger charge is 2.15. The molecule has 0 aromatic heterocycles. The number of benzene rings is 1. The van der Waals surface area contributed by atoms with E-state index in [1.807, 2.05) is 0 Å². The van der Waals surface area contributed by atoms with Crippen LogP contribution in [0.15, 0.2) is 29.4 Å². The number of amidine groups is 1. The predicted molar refractivity (Wildman–Crippen MR) is 74.8 cm³/mol. The summed E-state index contributed by atoms with van der Waals surface area (Å²) in [5.41, 5.74) is 6.59. The molecule has 6 heteroatoms. The van der Waals surface area contributed by atoms with Crippen LogP contribution in [0, 0.1) is 5.92 Å². The maximum Gasteiger partial charge on any atom is 0.251 e. The van der Waals surface area contributed by atoms with E-state index in [9.17, 15) is 4.79 Å². The zero-order valence-electron chi connectivity index (χ0n) is 11.2. The van der Waals surface area contributed by atoms with Gasteiger partial charge in [-0.25, -0.2) is 0 Å². The fraction of sp³-hybridized carbons (Fsp3) is 0.429. The van der Waals surface area contributed by atoms with E-state index in [-0.39, 0.29) is 11.7 Å². The molecule has 6 nitrogen and oxygen atoms in total. The van der Waals surface area contributed by atoms with Crippen molar-refractivity contribution in [1.29, 1.82) is 0 Å². The number of nitrogens with one attached hydrogen (secondary N) is 1. The van der Waals surface area contributed by atoms with Gasteiger partial charge in [0.1, 0.15) is 0 Å². The predicted octanol–water partition coefficient (Wildman–Crippen LogP) is 0.937. The van der Waals surface area contributed by atoms with Gasteiger partial charge in [0.2, 0.25) is 0 Å². The van der Waals surface area contributed by atoms with Gasteiger partial charge in [-0.05, 0) is 30.9 Å². The normalized spacial score (nSPS) is 19.0. The number of hydrogen-bond acceptors (Lipinski definition) is 4. The molecule has 1 amide bonds. The van der Waals surface area contributed by atoms with Gasteiger partial charge >= 0.3 is 0 Å². The van der Waals surface area contributed by atoms with E-state index in [1.54, 1.807) is 24.3 Å². The molecule has 4 N–H and O–H groups in total. The van der Waals surface area contributed by atoms with Crippen molar-refractivity contribution in [3.05, 3.63) is 35.4 Å². The van der Waals surface area contributed by atoms with E-state index in [4.69, 9.17) is 15.7 Å². The second-order valence-electron chi connectivity index (χ2n) is 4.84. The molecule has 1 aliphatic rings. The smallest absolute Gasteiger partial charge is 0.251 e. The summed E-state index contributed by atoms with van der Waals surface area (Å²) < 4.78 is 5.29. The Morgan fingerprint density at radius 2 is 2.10 bits per heavy atom. The summed E-state index contributed by atoms with van der Waals surface area (Å²) in [6, 6.07) is 6.60. The topological polar surface area (TPSA) is 96.9 Å². The van der Waals surface area contributed by atoms with Crippen LogP contribution in [0.3, 0.4) is 0 Å². The third-order valence-corrected chi connectivity index (χ3v) is 3.41. The number of hydrogen-bond donors (Lipinski definition) is 3. The van der Waals surface area contributed by atoms with Crippen molar-refractivity contribution in [3.8, 4) is 0 Å². The summed E-state index contributed by atoms with van der Waals surface area (Å²) in [5, 5.41) is 14.4. The number of ether oxygens (including phenoxy) is 1. The highest BCUT2D eigenvalue weighted by molar-refractivity contribution is 5.99. The standard InChI is InChI=1S/C14H19N3O3/c15-13(17-19)11-1-3-12(4-2-11)14(18)16-7-5-10-6-8-20-9-10/h1-4,10,19H,5-9H2,(H2,15,17)(H,16,18). The molecular formula is C14H19N3O3. The lowest BCUT2D eigenvalue weighted by molar-refractivity contribution is 0.0950. The molecule has 20 heavy (non-hydrogen) atoms. The van der Waals surface area contributed by atoms with Crippen LogP contribution in [-0.2, 0) is 4.74 Å².